The molecule has 1 N–H and O–H groups in total. The van der Waals surface area contributed by atoms with E-state index in [2.05, 4.69) is 72.7 Å². The SMILES string of the molecule is CCC(C)Nc1nc(-c2ccccn2)nc2sc(-c3ccccc3)c(-c3ccccc3)c12. The number of pyridine rings is 1. The number of hydrogen-bond donors (Lipinski definition) is 1. The molecule has 0 spiro atoms. The Balaban J connectivity index is 1.84. The third-order valence-corrected chi connectivity index (χ3v) is 6.67. The fourth-order valence-corrected chi connectivity index (χ4v) is 4.93. The zero-order valence-electron chi connectivity index (χ0n) is 18.1. The van der Waals surface area contributed by atoms with Crippen molar-refractivity contribution in [2.45, 2.75) is 26.3 Å². The minimum absolute atomic E-state index is 0.286. The minimum Gasteiger partial charge on any atom is -0.367 e. The summed E-state index contributed by atoms with van der Waals surface area (Å²) in [6.45, 7) is 4.36. The van der Waals surface area contributed by atoms with Crippen LogP contribution in [0, 0.1) is 0 Å². The van der Waals surface area contributed by atoms with Crippen LogP contribution < -0.4 is 5.32 Å². The number of hydrogen-bond acceptors (Lipinski definition) is 5. The molecule has 5 aromatic rings. The molecule has 3 aromatic heterocycles. The molecule has 0 radical (unpaired) electrons. The number of rotatable bonds is 6. The number of nitrogens with zero attached hydrogens (tertiary/aromatic N) is 3. The van der Waals surface area contributed by atoms with Gasteiger partial charge in [-0.05, 0) is 36.6 Å². The largest absolute Gasteiger partial charge is 0.367 e. The van der Waals surface area contributed by atoms with Crippen molar-refractivity contribution in [2.75, 3.05) is 5.32 Å². The van der Waals surface area contributed by atoms with Crippen LogP contribution in [0.1, 0.15) is 20.3 Å². The quantitative estimate of drug-likeness (QED) is 0.303. The van der Waals surface area contributed by atoms with Crippen molar-refractivity contribution in [3.05, 3.63) is 85.1 Å². The summed E-state index contributed by atoms with van der Waals surface area (Å²) in [5.74, 6) is 1.51. The maximum Gasteiger partial charge on any atom is 0.181 e. The normalized spacial score (nSPS) is 12.1. The van der Waals surface area contributed by atoms with Crippen LogP contribution in [0.4, 0.5) is 5.82 Å². The molecule has 0 aliphatic carbocycles. The molecule has 32 heavy (non-hydrogen) atoms. The molecule has 158 valence electrons. The topological polar surface area (TPSA) is 50.7 Å². The number of aromatic nitrogens is 3. The second-order valence-electron chi connectivity index (χ2n) is 7.78. The Kier molecular flexibility index (Phi) is 5.65. The molecular formula is C27H24N4S. The third kappa shape index (κ3) is 3.87. The lowest BCUT2D eigenvalue weighted by Crippen LogP contribution is -2.15. The molecule has 4 nitrogen and oxygen atoms in total. The van der Waals surface area contributed by atoms with E-state index in [0.717, 1.165) is 28.1 Å². The van der Waals surface area contributed by atoms with E-state index in [4.69, 9.17) is 9.97 Å². The summed E-state index contributed by atoms with van der Waals surface area (Å²) in [6, 6.07) is 27.2. The Morgan fingerprint density at radius 2 is 1.53 bits per heavy atom. The summed E-state index contributed by atoms with van der Waals surface area (Å²) in [5.41, 5.74) is 4.30. The molecule has 0 aliphatic rings. The highest BCUT2D eigenvalue weighted by Gasteiger charge is 2.22. The summed E-state index contributed by atoms with van der Waals surface area (Å²) in [4.78, 5) is 16.6. The summed E-state index contributed by atoms with van der Waals surface area (Å²) in [7, 11) is 0. The lowest BCUT2D eigenvalue weighted by atomic mass is 9.99. The molecule has 0 amide bonds. The monoisotopic (exact) mass is 436 g/mol. The molecule has 5 heteroatoms. The number of thiophene rings is 1. The van der Waals surface area contributed by atoms with E-state index in [-0.39, 0.29) is 6.04 Å². The summed E-state index contributed by atoms with van der Waals surface area (Å²) in [5, 5.41) is 4.72. The highest BCUT2D eigenvalue weighted by molar-refractivity contribution is 7.22. The van der Waals surface area contributed by atoms with Crippen LogP contribution in [0.25, 0.3) is 43.3 Å². The van der Waals surface area contributed by atoms with Gasteiger partial charge in [0.15, 0.2) is 5.82 Å². The van der Waals surface area contributed by atoms with E-state index in [1.54, 1.807) is 17.5 Å². The maximum atomic E-state index is 4.98. The standard InChI is InChI=1S/C27H24N4S/c1-3-18(2)29-26-23-22(19-12-6-4-7-13-19)24(20-14-8-5-9-15-20)32-27(23)31-25(30-26)21-16-10-11-17-28-21/h4-18H,3H2,1-2H3,(H,29,30,31). The van der Waals surface area contributed by atoms with Crippen LogP contribution in [-0.4, -0.2) is 21.0 Å². The first kappa shape index (κ1) is 20.3. The van der Waals surface area contributed by atoms with Crippen molar-refractivity contribution in [3.8, 4) is 33.1 Å². The van der Waals surface area contributed by atoms with Gasteiger partial charge in [0.25, 0.3) is 0 Å². The van der Waals surface area contributed by atoms with Crippen LogP contribution >= 0.6 is 11.3 Å². The maximum absolute atomic E-state index is 4.98. The molecular weight excluding hydrogens is 412 g/mol. The van der Waals surface area contributed by atoms with Crippen molar-refractivity contribution in [2.24, 2.45) is 0 Å². The fourth-order valence-electron chi connectivity index (χ4n) is 3.72. The van der Waals surface area contributed by atoms with Crippen LogP contribution in [-0.2, 0) is 0 Å². The van der Waals surface area contributed by atoms with E-state index in [9.17, 15) is 0 Å². The van der Waals surface area contributed by atoms with Crippen molar-refractivity contribution >= 4 is 27.4 Å². The summed E-state index contributed by atoms with van der Waals surface area (Å²) in [6.07, 6.45) is 2.78. The number of anilines is 1. The van der Waals surface area contributed by atoms with Crippen molar-refractivity contribution in [1.29, 1.82) is 0 Å². The predicted octanol–water partition coefficient (Wildman–Crippen LogP) is 7.30. The second-order valence-corrected chi connectivity index (χ2v) is 8.78. The zero-order chi connectivity index (χ0) is 21.9. The van der Waals surface area contributed by atoms with E-state index >= 15 is 0 Å². The van der Waals surface area contributed by atoms with Gasteiger partial charge in [-0.15, -0.1) is 11.3 Å². The average molecular weight is 437 g/mol. The van der Waals surface area contributed by atoms with Crippen molar-refractivity contribution < 1.29 is 0 Å². The van der Waals surface area contributed by atoms with Gasteiger partial charge in [0.1, 0.15) is 16.3 Å². The Labute approximate surface area is 192 Å². The van der Waals surface area contributed by atoms with E-state index < -0.39 is 0 Å². The molecule has 5 rings (SSSR count). The fraction of sp³-hybridized carbons (Fsp3) is 0.148. The highest BCUT2D eigenvalue weighted by Crippen LogP contribution is 2.46. The van der Waals surface area contributed by atoms with Crippen LogP contribution in [0.2, 0.25) is 0 Å². The first-order valence-corrected chi connectivity index (χ1v) is 11.7. The number of nitrogens with one attached hydrogen (secondary N) is 1. The smallest absolute Gasteiger partial charge is 0.181 e. The van der Waals surface area contributed by atoms with Gasteiger partial charge in [0.2, 0.25) is 0 Å². The molecule has 0 saturated heterocycles. The lowest BCUT2D eigenvalue weighted by molar-refractivity contribution is 0.760. The molecule has 0 bridgehead atoms. The van der Waals surface area contributed by atoms with Gasteiger partial charge in [-0.2, -0.15) is 0 Å². The zero-order valence-corrected chi connectivity index (χ0v) is 18.9. The minimum atomic E-state index is 0.286. The predicted molar refractivity (Wildman–Crippen MR) is 135 cm³/mol. The Morgan fingerprint density at radius 1 is 0.844 bits per heavy atom. The first-order chi connectivity index (χ1) is 15.7. The van der Waals surface area contributed by atoms with E-state index in [1.807, 2.05) is 30.3 Å². The van der Waals surface area contributed by atoms with Gasteiger partial charge in [-0.25, -0.2) is 9.97 Å². The van der Waals surface area contributed by atoms with Crippen LogP contribution in [0.3, 0.4) is 0 Å². The molecule has 0 aliphatic heterocycles. The first-order valence-electron chi connectivity index (χ1n) is 10.9. The number of benzene rings is 2. The molecule has 0 saturated carbocycles. The van der Waals surface area contributed by atoms with Crippen LogP contribution in [0.5, 0.6) is 0 Å². The van der Waals surface area contributed by atoms with Gasteiger partial charge in [-0.1, -0.05) is 73.7 Å². The molecule has 1 atom stereocenters. The number of fused-ring (bicyclic) bond motifs is 1. The molecule has 0 fully saturated rings. The average Bonchev–Trinajstić information content (AvgIpc) is 3.25. The van der Waals surface area contributed by atoms with Gasteiger partial charge in [-0.3, -0.25) is 4.98 Å². The van der Waals surface area contributed by atoms with E-state index in [1.165, 1.54) is 21.6 Å². The van der Waals surface area contributed by atoms with Gasteiger partial charge in [0, 0.05) is 22.7 Å². The Morgan fingerprint density at radius 3 is 2.19 bits per heavy atom. The molecule has 2 aromatic carbocycles. The van der Waals surface area contributed by atoms with Crippen LogP contribution in [0.15, 0.2) is 85.1 Å². The van der Waals surface area contributed by atoms with Gasteiger partial charge >= 0.3 is 0 Å². The Hall–Kier alpha value is -3.57. The molecule has 3 heterocycles. The molecule has 1 unspecified atom stereocenters. The summed E-state index contributed by atoms with van der Waals surface area (Å²) >= 11 is 1.71. The lowest BCUT2D eigenvalue weighted by Gasteiger charge is -2.15. The second kappa shape index (κ2) is 8.89. The summed E-state index contributed by atoms with van der Waals surface area (Å²) < 4.78 is 0. The van der Waals surface area contributed by atoms with Crippen molar-refractivity contribution in [1.82, 2.24) is 15.0 Å². The van der Waals surface area contributed by atoms with Gasteiger partial charge in [0.05, 0.1) is 5.39 Å². The Bertz CT molecular complexity index is 1330. The van der Waals surface area contributed by atoms with Crippen molar-refractivity contribution in [3.63, 3.8) is 0 Å². The van der Waals surface area contributed by atoms with E-state index in [0.29, 0.717) is 5.82 Å². The third-order valence-electron chi connectivity index (χ3n) is 5.54. The van der Waals surface area contributed by atoms with Gasteiger partial charge < -0.3 is 5.32 Å². The highest BCUT2D eigenvalue weighted by atomic mass is 32.1.